The van der Waals surface area contributed by atoms with Crippen molar-refractivity contribution in [3.05, 3.63) is 30.7 Å². The second-order valence-corrected chi connectivity index (χ2v) is 2.13. The lowest BCUT2D eigenvalue weighted by molar-refractivity contribution is 1.33. The van der Waals surface area contributed by atoms with Gasteiger partial charge < -0.3 is 16.5 Å². The lowest BCUT2D eigenvalue weighted by Crippen LogP contribution is -1.94. The van der Waals surface area contributed by atoms with Gasteiger partial charge in [-0.1, -0.05) is 0 Å². The van der Waals surface area contributed by atoms with E-state index in [9.17, 15) is 0 Å². The summed E-state index contributed by atoms with van der Waals surface area (Å²) in [6, 6.07) is 1.77. The molecule has 0 aromatic carbocycles. The smallest absolute Gasteiger partial charge is 0.0739 e. The number of nitrogen functional groups attached to an aromatic ring is 1. The molecule has 0 aliphatic rings. The molecule has 0 aliphatic carbocycles. The van der Waals surface area contributed by atoms with Crippen LogP contribution in [0.15, 0.2) is 30.7 Å². The Kier molecular flexibility index (Phi) is 2.84. The van der Waals surface area contributed by atoms with Crippen LogP contribution in [0.3, 0.4) is 0 Å². The first kappa shape index (κ1) is 8.26. The zero-order valence-electron chi connectivity index (χ0n) is 6.49. The van der Waals surface area contributed by atoms with Gasteiger partial charge in [0.15, 0.2) is 0 Å². The third kappa shape index (κ3) is 2.09. The molecule has 0 saturated heterocycles. The Hall–Kier alpha value is -1.84. The third-order valence-corrected chi connectivity index (χ3v) is 1.28. The van der Waals surface area contributed by atoms with E-state index in [1.165, 1.54) is 6.21 Å². The molecule has 4 N–H and O–H groups in total. The quantitative estimate of drug-likeness (QED) is 0.585. The van der Waals surface area contributed by atoms with Gasteiger partial charge in [0.25, 0.3) is 0 Å². The molecule has 0 spiro atoms. The van der Waals surface area contributed by atoms with Crippen LogP contribution in [0.1, 0.15) is 0 Å². The summed E-state index contributed by atoms with van der Waals surface area (Å²) >= 11 is 0. The molecular formula is C8H10N4. The van der Waals surface area contributed by atoms with Gasteiger partial charge in [-0.3, -0.25) is 4.98 Å². The molecule has 12 heavy (non-hydrogen) atoms. The van der Waals surface area contributed by atoms with Gasteiger partial charge in [0.2, 0.25) is 0 Å². The highest BCUT2D eigenvalue weighted by Crippen LogP contribution is 2.14. The fourth-order valence-electron chi connectivity index (χ4n) is 0.724. The molecule has 0 atom stereocenters. The third-order valence-electron chi connectivity index (χ3n) is 1.28. The number of hydrogen-bond acceptors (Lipinski definition) is 4. The predicted molar refractivity (Wildman–Crippen MR) is 50.2 cm³/mol. The van der Waals surface area contributed by atoms with Gasteiger partial charge in [-0.25, -0.2) is 0 Å². The Labute approximate surface area is 70.6 Å². The van der Waals surface area contributed by atoms with Gasteiger partial charge in [-0.05, 0) is 12.1 Å². The van der Waals surface area contributed by atoms with Crippen LogP contribution in [0, 0.1) is 5.41 Å². The van der Waals surface area contributed by atoms with Crippen molar-refractivity contribution in [1.29, 1.82) is 5.41 Å². The lowest BCUT2D eigenvalue weighted by Gasteiger charge is -2.02. The zero-order valence-corrected chi connectivity index (χ0v) is 6.49. The summed E-state index contributed by atoms with van der Waals surface area (Å²) in [7, 11) is 0. The van der Waals surface area contributed by atoms with Crippen molar-refractivity contribution >= 4 is 17.6 Å². The molecule has 0 unspecified atom stereocenters. The van der Waals surface area contributed by atoms with Gasteiger partial charge in [-0.2, -0.15) is 0 Å². The van der Waals surface area contributed by atoms with E-state index in [0.717, 1.165) is 5.69 Å². The zero-order chi connectivity index (χ0) is 8.81. The number of nitrogens with two attached hydrogens (primary N) is 1. The maximum absolute atomic E-state index is 6.73. The van der Waals surface area contributed by atoms with Crippen LogP contribution in [0.4, 0.5) is 11.4 Å². The summed E-state index contributed by atoms with van der Waals surface area (Å²) in [6.45, 7) is 0. The molecule has 62 valence electrons. The molecule has 0 amide bonds. The van der Waals surface area contributed by atoms with E-state index in [0.29, 0.717) is 5.69 Å². The number of anilines is 2. The lowest BCUT2D eigenvalue weighted by atomic mass is 10.3. The second-order valence-electron chi connectivity index (χ2n) is 2.13. The van der Waals surface area contributed by atoms with Crippen molar-refractivity contribution in [2.24, 2.45) is 0 Å². The average Bonchev–Trinajstić information content (AvgIpc) is 2.09. The second kappa shape index (κ2) is 4.12. The molecule has 1 aromatic rings. The number of hydrogen-bond donors (Lipinski definition) is 3. The largest absolute Gasteiger partial charge is 0.396 e. The number of nitrogens with one attached hydrogen (secondary N) is 2. The first-order chi connectivity index (χ1) is 5.84. The highest BCUT2D eigenvalue weighted by atomic mass is 14.9. The van der Waals surface area contributed by atoms with E-state index in [1.54, 1.807) is 30.7 Å². The van der Waals surface area contributed by atoms with E-state index in [4.69, 9.17) is 11.1 Å². The fraction of sp³-hybridized carbons (Fsp3) is 0. The monoisotopic (exact) mass is 162 g/mol. The van der Waals surface area contributed by atoms with E-state index < -0.39 is 0 Å². The van der Waals surface area contributed by atoms with Crippen LogP contribution in [0.25, 0.3) is 0 Å². The Morgan fingerprint density at radius 2 is 2.42 bits per heavy atom. The highest BCUT2D eigenvalue weighted by Gasteiger charge is 1.92. The van der Waals surface area contributed by atoms with E-state index >= 15 is 0 Å². The molecule has 1 heterocycles. The van der Waals surface area contributed by atoms with Crippen LogP contribution in [0.2, 0.25) is 0 Å². The molecule has 4 heteroatoms. The molecule has 0 saturated carbocycles. The summed E-state index contributed by atoms with van der Waals surface area (Å²) < 4.78 is 0. The van der Waals surface area contributed by atoms with Gasteiger partial charge in [-0.15, -0.1) is 0 Å². The molecule has 0 radical (unpaired) electrons. The SMILES string of the molecule is N=C/C=C\Nc1ccncc1N. The molecular weight excluding hydrogens is 152 g/mol. The van der Waals surface area contributed by atoms with Crippen molar-refractivity contribution in [2.75, 3.05) is 11.1 Å². The van der Waals surface area contributed by atoms with Crippen molar-refractivity contribution in [2.45, 2.75) is 0 Å². The number of pyridine rings is 1. The van der Waals surface area contributed by atoms with Crippen molar-refractivity contribution in [3.63, 3.8) is 0 Å². The minimum Gasteiger partial charge on any atom is -0.396 e. The van der Waals surface area contributed by atoms with Crippen LogP contribution in [-0.4, -0.2) is 11.2 Å². The molecule has 1 rings (SSSR count). The normalized spacial score (nSPS) is 10.0. The van der Waals surface area contributed by atoms with Crippen molar-refractivity contribution in [3.8, 4) is 0 Å². The average molecular weight is 162 g/mol. The maximum atomic E-state index is 6.73. The van der Waals surface area contributed by atoms with Crippen LogP contribution >= 0.6 is 0 Å². The topological polar surface area (TPSA) is 74.8 Å². The summed E-state index contributed by atoms with van der Waals surface area (Å²) in [4.78, 5) is 3.84. The minimum absolute atomic E-state index is 0.590. The predicted octanol–water partition coefficient (Wildman–Crippen LogP) is 1.24. The highest BCUT2D eigenvalue weighted by molar-refractivity contribution is 5.70. The fourth-order valence-corrected chi connectivity index (χ4v) is 0.724. The first-order valence-corrected chi connectivity index (χ1v) is 3.46. The van der Waals surface area contributed by atoms with Crippen molar-refractivity contribution < 1.29 is 0 Å². The van der Waals surface area contributed by atoms with Crippen LogP contribution in [-0.2, 0) is 0 Å². The molecule has 0 bridgehead atoms. The van der Waals surface area contributed by atoms with Gasteiger partial charge in [0.05, 0.1) is 17.6 Å². The summed E-state index contributed by atoms with van der Waals surface area (Å²) in [6.07, 6.45) is 7.61. The Morgan fingerprint density at radius 3 is 3.08 bits per heavy atom. The standard InChI is InChI=1S/C8H10N4/c9-3-1-4-12-8-2-5-11-6-7(8)10/h1-6,9H,10H2,(H,11,12)/b4-1-,9-3?. The number of allylic oxidation sites excluding steroid dienone is 1. The summed E-state index contributed by atoms with van der Waals surface area (Å²) in [5, 5.41) is 9.64. The van der Waals surface area contributed by atoms with E-state index in [-0.39, 0.29) is 0 Å². The van der Waals surface area contributed by atoms with E-state index in [2.05, 4.69) is 10.3 Å². The number of aromatic nitrogens is 1. The van der Waals surface area contributed by atoms with Crippen LogP contribution < -0.4 is 11.1 Å². The first-order valence-electron chi connectivity index (χ1n) is 3.46. The molecule has 0 fully saturated rings. The molecule has 1 aromatic heterocycles. The molecule has 0 aliphatic heterocycles. The Bertz CT molecular complexity index is 293. The van der Waals surface area contributed by atoms with Gasteiger partial charge in [0.1, 0.15) is 0 Å². The van der Waals surface area contributed by atoms with E-state index in [1.807, 2.05) is 0 Å². The Balaban J connectivity index is 2.69. The van der Waals surface area contributed by atoms with Gasteiger partial charge >= 0.3 is 0 Å². The summed E-state index contributed by atoms with van der Waals surface area (Å²) in [5.74, 6) is 0. The number of nitrogens with zero attached hydrogens (tertiary/aromatic N) is 1. The van der Waals surface area contributed by atoms with Gasteiger partial charge in [0, 0.05) is 18.6 Å². The Morgan fingerprint density at radius 1 is 1.58 bits per heavy atom. The molecule has 4 nitrogen and oxygen atoms in total. The maximum Gasteiger partial charge on any atom is 0.0739 e. The van der Waals surface area contributed by atoms with Crippen LogP contribution in [0.5, 0.6) is 0 Å². The number of rotatable bonds is 3. The summed E-state index contributed by atoms with van der Waals surface area (Å²) in [5.41, 5.74) is 6.97. The van der Waals surface area contributed by atoms with Crippen molar-refractivity contribution in [1.82, 2.24) is 4.98 Å². The minimum atomic E-state index is 0.590.